The number of hydrogen-bond donors (Lipinski definition) is 2. The van der Waals surface area contributed by atoms with Crippen LogP contribution >= 0.6 is 0 Å². The lowest BCUT2D eigenvalue weighted by Gasteiger charge is -2.32. The summed E-state index contributed by atoms with van der Waals surface area (Å²) < 4.78 is 27.4. The van der Waals surface area contributed by atoms with Gasteiger partial charge >= 0.3 is 0 Å². The van der Waals surface area contributed by atoms with Crippen molar-refractivity contribution in [1.29, 1.82) is 0 Å². The van der Waals surface area contributed by atoms with E-state index in [0.717, 1.165) is 50.1 Å². The van der Waals surface area contributed by atoms with Crippen molar-refractivity contribution >= 4 is 21.4 Å². The van der Waals surface area contributed by atoms with Crippen LogP contribution in [-0.4, -0.2) is 59.8 Å². The third-order valence-corrected chi connectivity index (χ3v) is 8.42. The van der Waals surface area contributed by atoms with Gasteiger partial charge in [0.05, 0.1) is 22.8 Å². The zero-order chi connectivity index (χ0) is 24.3. The molecule has 10 nitrogen and oxygen atoms in total. The molecule has 2 fully saturated rings. The van der Waals surface area contributed by atoms with E-state index >= 15 is 0 Å². The van der Waals surface area contributed by atoms with Gasteiger partial charge in [-0.2, -0.15) is 4.80 Å². The van der Waals surface area contributed by atoms with Crippen LogP contribution in [-0.2, 0) is 10.0 Å². The highest BCUT2D eigenvalue weighted by Gasteiger charge is 2.25. The molecule has 0 unspecified atom stereocenters. The van der Waals surface area contributed by atoms with Crippen LogP contribution in [0.3, 0.4) is 0 Å². The van der Waals surface area contributed by atoms with E-state index < -0.39 is 10.0 Å². The lowest BCUT2D eigenvalue weighted by molar-refractivity contribution is 0.328. The van der Waals surface area contributed by atoms with Crippen LogP contribution in [0.4, 0.5) is 11.4 Å². The summed E-state index contributed by atoms with van der Waals surface area (Å²) in [7, 11) is -2.18. The molecule has 1 aliphatic carbocycles. The summed E-state index contributed by atoms with van der Waals surface area (Å²) in [6.07, 6.45) is 11.3. The van der Waals surface area contributed by atoms with Gasteiger partial charge in [0.1, 0.15) is 0 Å². The number of sulfonamides is 1. The molecular formula is C24H32N8O2S. The third-order valence-electron chi connectivity index (χ3n) is 7.01. The Morgan fingerprint density at radius 1 is 1.03 bits per heavy atom. The smallest absolute Gasteiger partial charge is 0.240 e. The maximum atomic E-state index is 12.5. The number of benzene rings is 1. The van der Waals surface area contributed by atoms with Crippen molar-refractivity contribution in [3.05, 3.63) is 42.7 Å². The van der Waals surface area contributed by atoms with Gasteiger partial charge in [0.15, 0.2) is 0 Å². The largest absolute Gasteiger partial charge is 0.382 e. The Morgan fingerprint density at radius 3 is 2.54 bits per heavy atom. The Labute approximate surface area is 206 Å². The Hall–Kier alpha value is -3.05. The van der Waals surface area contributed by atoms with Crippen LogP contribution in [0.15, 0.2) is 47.6 Å². The van der Waals surface area contributed by atoms with Gasteiger partial charge < -0.3 is 10.2 Å². The molecule has 0 radical (unpaired) electrons. The summed E-state index contributed by atoms with van der Waals surface area (Å²) in [6, 6.07) is 9.62. The topological polar surface area (TPSA) is 118 Å². The van der Waals surface area contributed by atoms with Gasteiger partial charge in [0.2, 0.25) is 15.8 Å². The molecule has 2 N–H and O–H groups in total. The average Bonchev–Trinajstić information content (AvgIpc) is 3.40. The molecule has 186 valence electrons. The fourth-order valence-electron chi connectivity index (χ4n) is 4.97. The van der Waals surface area contributed by atoms with E-state index in [1.807, 2.05) is 18.3 Å². The fraction of sp³-hybridized carbons (Fsp3) is 0.500. The van der Waals surface area contributed by atoms with E-state index in [4.69, 9.17) is 5.10 Å². The van der Waals surface area contributed by atoms with Crippen LogP contribution < -0.4 is 14.9 Å². The molecule has 0 amide bonds. The van der Waals surface area contributed by atoms with Crippen molar-refractivity contribution in [3.63, 3.8) is 0 Å². The second-order valence-corrected chi connectivity index (χ2v) is 11.1. The standard InChI is InChI=1S/C24H32N8O2S/c1-25-35(33,34)21-9-10-23(27-18-6-3-2-4-7-18)22(16-21)24-28-30-32(29-24)19-11-14-31(15-12-19)20-8-5-13-26-17-20/h5,8-10,13,16-19,25,27H,2-4,6-7,11-12,14-15H2,1H3. The lowest BCUT2D eigenvalue weighted by Crippen LogP contribution is -2.35. The monoisotopic (exact) mass is 496 g/mol. The molecule has 0 spiro atoms. The van der Waals surface area contributed by atoms with Gasteiger partial charge in [-0.15, -0.1) is 10.2 Å². The van der Waals surface area contributed by atoms with E-state index in [2.05, 4.69) is 36.3 Å². The van der Waals surface area contributed by atoms with Gasteiger partial charge in [-0.1, -0.05) is 19.3 Å². The van der Waals surface area contributed by atoms with E-state index in [1.54, 1.807) is 23.1 Å². The van der Waals surface area contributed by atoms with E-state index in [-0.39, 0.29) is 10.9 Å². The van der Waals surface area contributed by atoms with E-state index in [1.165, 1.54) is 26.3 Å². The molecule has 3 heterocycles. The summed E-state index contributed by atoms with van der Waals surface area (Å²) in [5.41, 5.74) is 2.63. The molecule has 0 bridgehead atoms. The first-order valence-electron chi connectivity index (χ1n) is 12.3. The number of pyridine rings is 1. The van der Waals surface area contributed by atoms with Crippen LogP contribution in [0.25, 0.3) is 11.4 Å². The predicted octanol–water partition coefficient (Wildman–Crippen LogP) is 3.23. The molecule has 35 heavy (non-hydrogen) atoms. The van der Waals surface area contributed by atoms with Crippen LogP contribution in [0, 0.1) is 0 Å². The number of hydrogen-bond acceptors (Lipinski definition) is 8. The highest BCUT2D eigenvalue weighted by molar-refractivity contribution is 7.89. The molecule has 2 aromatic heterocycles. The summed E-state index contributed by atoms with van der Waals surface area (Å²) in [6.45, 7) is 1.77. The molecule has 5 rings (SSSR count). The minimum absolute atomic E-state index is 0.142. The summed E-state index contributed by atoms with van der Waals surface area (Å²) in [5, 5.41) is 17.0. The first-order chi connectivity index (χ1) is 17.0. The number of nitrogens with zero attached hydrogens (tertiary/aromatic N) is 6. The molecular weight excluding hydrogens is 464 g/mol. The lowest BCUT2D eigenvalue weighted by atomic mass is 9.95. The minimum Gasteiger partial charge on any atom is -0.382 e. The molecule has 1 aromatic carbocycles. The van der Waals surface area contributed by atoms with Gasteiger partial charge in [0, 0.05) is 36.6 Å². The maximum Gasteiger partial charge on any atom is 0.240 e. The number of nitrogens with one attached hydrogen (secondary N) is 2. The Bertz CT molecular complexity index is 1230. The molecule has 11 heteroatoms. The quantitative estimate of drug-likeness (QED) is 0.512. The SMILES string of the molecule is CNS(=O)(=O)c1ccc(NC2CCCCC2)c(-c2nnn(C3CCN(c4cccnc4)CC3)n2)c1. The second kappa shape index (κ2) is 10.3. The molecule has 0 atom stereocenters. The van der Waals surface area contributed by atoms with Crippen LogP contribution in [0.5, 0.6) is 0 Å². The second-order valence-electron chi connectivity index (χ2n) is 9.26. The van der Waals surface area contributed by atoms with Crippen molar-refractivity contribution in [2.45, 2.75) is 61.9 Å². The predicted molar refractivity (Wildman–Crippen MR) is 135 cm³/mol. The van der Waals surface area contributed by atoms with Gasteiger partial charge in [-0.25, -0.2) is 13.1 Å². The third kappa shape index (κ3) is 5.30. The highest BCUT2D eigenvalue weighted by Crippen LogP contribution is 2.32. The Kier molecular flexibility index (Phi) is 6.96. The highest BCUT2D eigenvalue weighted by atomic mass is 32.2. The Morgan fingerprint density at radius 2 is 1.83 bits per heavy atom. The van der Waals surface area contributed by atoms with Crippen LogP contribution in [0.1, 0.15) is 51.0 Å². The van der Waals surface area contributed by atoms with Crippen molar-refractivity contribution in [1.82, 2.24) is 29.9 Å². The van der Waals surface area contributed by atoms with Crippen molar-refractivity contribution in [2.75, 3.05) is 30.4 Å². The van der Waals surface area contributed by atoms with Crippen molar-refractivity contribution in [2.24, 2.45) is 0 Å². The van der Waals surface area contributed by atoms with Gasteiger partial charge in [0.25, 0.3) is 0 Å². The first-order valence-corrected chi connectivity index (χ1v) is 13.8. The normalized spacial score (nSPS) is 18.0. The zero-order valence-electron chi connectivity index (χ0n) is 20.0. The average molecular weight is 497 g/mol. The molecule has 1 saturated heterocycles. The van der Waals surface area contributed by atoms with E-state index in [0.29, 0.717) is 17.4 Å². The first kappa shape index (κ1) is 23.7. The summed E-state index contributed by atoms with van der Waals surface area (Å²) >= 11 is 0. The number of rotatable bonds is 7. The molecule has 3 aromatic rings. The summed E-state index contributed by atoms with van der Waals surface area (Å²) in [5.74, 6) is 0.436. The minimum atomic E-state index is -3.60. The van der Waals surface area contributed by atoms with Gasteiger partial charge in [-0.3, -0.25) is 4.98 Å². The van der Waals surface area contributed by atoms with E-state index in [9.17, 15) is 8.42 Å². The number of piperidine rings is 1. The molecule has 2 aliphatic rings. The molecule has 1 saturated carbocycles. The number of tetrazole rings is 1. The van der Waals surface area contributed by atoms with Crippen LogP contribution in [0.2, 0.25) is 0 Å². The number of aromatic nitrogens is 5. The van der Waals surface area contributed by atoms with Crippen molar-refractivity contribution < 1.29 is 8.42 Å². The number of anilines is 2. The van der Waals surface area contributed by atoms with Gasteiger partial charge in [-0.05, 0) is 68.3 Å². The Balaban J connectivity index is 1.38. The fourth-order valence-corrected chi connectivity index (χ4v) is 5.73. The zero-order valence-corrected chi connectivity index (χ0v) is 20.8. The molecule has 1 aliphatic heterocycles. The summed E-state index contributed by atoms with van der Waals surface area (Å²) in [4.78, 5) is 8.42. The van der Waals surface area contributed by atoms with Crippen molar-refractivity contribution in [3.8, 4) is 11.4 Å². The maximum absolute atomic E-state index is 12.5.